The molecule has 23 heavy (non-hydrogen) atoms. The number of aryl methyl sites for hydroxylation is 1. The zero-order chi connectivity index (χ0) is 16.5. The summed E-state index contributed by atoms with van der Waals surface area (Å²) in [7, 11) is 1.65. The second-order valence-corrected chi connectivity index (χ2v) is 5.21. The standard InChI is InChI=1S/C19H23NO3/c1-3-23-18-13-9-16(10-14-18)20-19(21)6-4-5-15-7-11-17(22-2)12-8-15/h7-14H,3-6H2,1-2H3,(H,20,21). The zero-order valence-electron chi connectivity index (χ0n) is 13.7. The maximum Gasteiger partial charge on any atom is 0.224 e. The van der Waals surface area contributed by atoms with E-state index in [1.807, 2.05) is 55.5 Å². The Morgan fingerprint density at radius 3 is 2.26 bits per heavy atom. The number of rotatable bonds is 8. The Kier molecular flexibility index (Phi) is 6.48. The molecule has 0 aliphatic heterocycles. The highest BCUT2D eigenvalue weighted by atomic mass is 16.5. The number of ether oxygens (including phenoxy) is 2. The van der Waals surface area contributed by atoms with Gasteiger partial charge in [-0.1, -0.05) is 12.1 Å². The van der Waals surface area contributed by atoms with Gasteiger partial charge in [-0.15, -0.1) is 0 Å². The molecule has 0 aliphatic carbocycles. The monoisotopic (exact) mass is 313 g/mol. The summed E-state index contributed by atoms with van der Waals surface area (Å²) in [6.45, 7) is 2.58. The van der Waals surface area contributed by atoms with Crippen LogP contribution in [0.1, 0.15) is 25.3 Å². The lowest BCUT2D eigenvalue weighted by Gasteiger charge is -2.07. The first-order chi connectivity index (χ1) is 11.2. The SMILES string of the molecule is CCOc1ccc(NC(=O)CCCc2ccc(OC)cc2)cc1. The van der Waals surface area contributed by atoms with Gasteiger partial charge in [-0.25, -0.2) is 0 Å². The smallest absolute Gasteiger partial charge is 0.224 e. The summed E-state index contributed by atoms with van der Waals surface area (Å²) in [4.78, 5) is 12.0. The van der Waals surface area contributed by atoms with E-state index in [1.165, 1.54) is 5.56 Å². The Morgan fingerprint density at radius 1 is 1.00 bits per heavy atom. The van der Waals surface area contributed by atoms with Gasteiger partial charge in [0, 0.05) is 12.1 Å². The van der Waals surface area contributed by atoms with Gasteiger partial charge in [-0.2, -0.15) is 0 Å². The molecule has 4 nitrogen and oxygen atoms in total. The molecule has 4 heteroatoms. The van der Waals surface area contributed by atoms with Crippen molar-refractivity contribution in [1.82, 2.24) is 0 Å². The summed E-state index contributed by atoms with van der Waals surface area (Å²) in [5.41, 5.74) is 2.00. The molecule has 0 spiro atoms. The van der Waals surface area contributed by atoms with E-state index in [0.29, 0.717) is 13.0 Å². The first kappa shape index (κ1) is 16.9. The molecule has 0 atom stereocenters. The van der Waals surface area contributed by atoms with Gasteiger partial charge in [0.2, 0.25) is 5.91 Å². The Morgan fingerprint density at radius 2 is 1.65 bits per heavy atom. The van der Waals surface area contributed by atoms with Gasteiger partial charge in [0.1, 0.15) is 11.5 Å². The summed E-state index contributed by atoms with van der Waals surface area (Å²) in [6, 6.07) is 15.4. The fourth-order valence-electron chi connectivity index (χ4n) is 2.27. The number of hydrogen-bond acceptors (Lipinski definition) is 3. The molecule has 0 saturated carbocycles. The molecular weight excluding hydrogens is 290 g/mol. The summed E-state index contributed by atoms with van der Waals surface area (Å²) in [6.07, 6.45) is 2.19. The average molecular weight is 313 g/mol. The van der Waals surface area contributed by atoms with Crippen LogP contribution in [0.3, 0.4) is 0 Å². The van der Waals surface area contributed by atoms with Crippen LogP contribution in [-0.4, -0.2) is 19.6 Å². The van der Waals surface area contributed by atoms with E-state index in [0.717, 1.165) is 30.0 Å². The molecule has 0 unspecified atom stereocenters. The van der Waals surface area contributed by atoms with Gasteiger partial charge >= 0.3 is 0 Å². The number of anilines is 1. The van der Waals surface area contributed by atoms with Crippen LogP contribution in [0, 0.1) is 0 Å². The Labute approximate surface area is 137 Å². The molecule has 2 aromatic rings. The molecule has 122 valence electrons. The third kappa shape index (κ3) is 5.66. The number of methoxy groups -OCH3 is 1. The average Bonchev–Trinajstić information content (AvgIpc) is 2.57. The second-order valence-electron chi connectivity index (χ2n) is 5.21. The predicted octanol–water partition coefficient (Wildman–Crippen LogP) is 4.06. The zero-order valence-corrected chi connectivity index (χ0v) is 13.7. The van der Waals surface area contributed by atoms with Gasteiger partial charge in [-0.05, 0) is 61.7 Å². The van der Waals surface area contributed by atoms with E-state index in [9.17, 15) is 4.79 Å². The lowest BCUT2D eigenvalue weighted by Crippen LogP contribution is -2.11. The fourth-order valence-corrected chi connectivity index (χ4v) is 2.27. The topological polar surface area (TPSA) is 47.6 Å². The van der Waals surface area contributed by atoms with Gasteiger partial charge in [-0.3, -0.25) is 4.79 Å². The van der Waals surface area contributed by atoms with E-state index in [2.05, 4.69) is 5.32 Å². The van der Waals surface area contributed by atoms with Crippen molar-refractivity contribution in [3.05, 3.63) is 54.1 Å². The van der Waals surface area contributed by atoms with E-state index in [-0.39, 0.29) is 5.91 Å². The normalized spacial score (nSPS) is 10.2. The lowest BCUT2D eigenvalue weighted by molar-refractivity contribution is -0.116. The largest absolute Gasteiger partial charge is 0.497 e. The van der Waals surface area contributed by atoms with Crippen LogP contribution in [0.4, 0.5) is 5.69 Å². The van der Waals surface area contributed by atoms with Crippen molar-refractivity contribution < 1.29 is 14.3 Å². The van der Waals surface area contributed by atoms with Crippen LogP contribution in [0.15, 0.2) is 48.5 Å². The van der Waals surface area contributed by atoms with E-state index < -0.39 is 0 Å². The highest BCUT2D eigenvalue weighted by molar-refractivity contribution is 5.90. The number of amides is 1. The number of carbonyl (C=O) groups excluding carboxylic acids is 1. The highest BCUT2D eigenvalue weighted by Crippen LogP contribution is 2.16. The molecule has 0 heterocycles. The maximum atomic E-state index is 12.0. The van der Waals surface area contributed by atoms with Crippen molar-refractivity contribution >= 4 is 11.6 Å². The van der Waals surface area contributed by atoms with Crippen molar-refractivity contribution in [2.45, 2.75) is 26.2 Å². The first-order valence-corrected chi connectivity index (χ1v) is 7.87. The number of nitrogens with one attached hydrogen (secondary N) is 1. The second kappa shape index (κ2) is 8.83. The molecule has 0 radical (unpaired) electrons. The minimum atomic E-state index is 0.0303. The highest BCUT2D eigenvalue weighted by Gasteiger charge is 2.03. The van der Waals surface area contributed by atoms with E-state index in [1.54, 1.807) is 7.11 Å². The third-order valence-electron chi connectivity index (χ3n) is 3.48. The van der Waals surface area contributed by atoms with Crippen molar-refractivity contribution in [1.29, 1.82) is 0 Å². The molecule has 0 aliphatic rings. The minimum Gasteiger partial charge on any atom is -0.497 e. The van der Waals surface area contributed by atoms with Gasteiger partial charge in [0.05, 0.1) is 13.7 Å². The maximum absolute atomic E-state index is 12.0. The summed E-state index contributed by atoms with van der Waals surface area (Å²) >= 11 is 0. The van der Waals surface area contributed by atoms with E-state index in [4.69, 9.17) is 9.47 Å². The Hall–Kier alpha value is -2.49. The van der Waals surface area contributed by atoms with Gasteiger partial charge in [0.25, 0.3) is 0 Å². The lowest BCUT2D eigenvalue weighted by atomic mass is 10.1. The van der Waals surface area contributed by atoms with Gasteiger partial charge < -0.3 is 14.8 Å². The molecule has 0 aromatic heterocycles. The first-order valence-electron chi connectivity index (χ1n) is 7.87. The van der Waals surface area contributed by atoms with Crippen molar-refractivity contribution in [3.8, 4) is 11.5 Å². The predicted molar refractivity (Wildman–Crippen MR) is 92.2 cm³/mol. The third-order valence-corrected chi connectivity index (χ3v) is 3.48. The molecule has 0 fully saturated rings. The number of carbonyl (C=O) groups is 1. The van der Waals surface area contributed by atoms with Crippen molar-refractivity contribution in [3.63, 3.8) is 0 Å². The van der Waals surface area contributed by atoms with Crippen LogP contribution in [-0.2, 0) is 11.2 Å². The van der Waals surface area contributed by atoms with Crippen LogP contribution in [0.25, 0.3) is 0 Å². The summed E-state index contributed by atoms with van der Waals surface area (Å²) < 4.78 is 10.5. The van der Waals surface area contributed by atoms with Crippen LogP contribution in [0.5, 0.6) is 11.5 Å². The van der Waals surface area contributed by atoms with Crippen molar-refractivity contribution in [2.75, 3.05) is 19.0 Å². The van der Waals surface area contributed by atoms with Crippen LogP contribution in [0.2, 0.25) is 0 Å². The van der Waals surface area contributed by atoms with E-state index >= 15 is 0 Å². The molecule has 2 rings (SSSR count). The quantitative estimate of drug-likeness (QED) is 0.799. The van der Waals surface area contributed by atoms with Crippen LogP contribution >= 0.6 is 0 Å². The molecule has 0 bridgehead atoms. The molecule has 0 saturated heterocycles. The Balaban J connectivity index is 1.73. The minimum absolute atomic E-state index is 0.0303. The summed E-state index contributed by atoms with van der Waals surface area (Å²) in [5, 5.41) is 2.90. The fraction of sp³-hybridized carbons (Fsp3) is 0.316. The van der Waals surface area contributed by atoms with Crippen molar-refractivity contribution in [2.24, 2.45) is 0 Å². The number of benzene rings is 2. The number of hydrogen-bond donors (Lipinski definition) is 1. The molecule has 1 amide bonds. The molecule has 1 N–H and O–H groups in total. The van der Waals surface area contributed by atoms with Gasteiger partial charge in [0.15, 0.2) is 0 Å². The Bertz CT molecular complexity index is 606. The molecular formula is C19H23NO3. The molecule has 2 aromatic carbocycles. The van der Waals surface area contributed by atoms with Crippen LogP contribution < -0.4 is 14.8 Å². The summed E-state index contributed by atoms with van der Waals surface area (Å²) in [5.74, 6) is 1.69.